The molecule has 4 aromatic rings. The van der Waals surface area contributed by atoms with E-state index in [9.17, 15) is 14.9 Å². The SMILES string of the molecule is COc1cc(OC)cc(C(=O)NC(C)c2nnc(SCc3cccc(C)c3)n2-c2ccc([N+](=O)[O-])cc2)c1. The normalized spacial score (nSPS) is 11.6. The van der Waals surface area contributed by atoms with Crippen molar-refractivity contribution in [1.29, 1.82) is 0 Å². The molecule has 1 amide bonds. The first-order chi connectivity index (χ1) is 18.3. The van der Waals surface area contributed by atoms with Crippen LogP contribution in [0.3, 0.4) is 0 Å². The monoisotopic (exact) mass is 533 g/mol. The van der Waals surface area contributed by atoms with Crippen molar-refractivity contribution in [2.75, 3.05) is 14.2 Å². The number of hydrogen-bond donors (Lipinski definition) is 1. The number of carbonyl (C=O) groups is 1. The molecule has 0 radical (unpaired) electrons. The highest BCUT2D eigenvalue weighted by molar-refractivity contribution is 7.98. The van der Waals surface area contributed by atoms with Gasteiger partial charge < -0.3 is 14.8 Å². The highest BCUT2D eigenvalue weighted by atomic mass is 32.2. The van der Waals surface area contributed by atoms with Gasteiger partial charge in [0, 0.05) is 35.2 Å². The van der Waals surface area contributed by atoms with E-state index in [4.69, 9.17) is 9.47 Å². The van der Waals surface area contributed by atoms with E-state index in [1.54, 1.807) is 41.8 Å². The molecule has 0 saturated heterocycles. The average molecular weight is 534 g/mol. The summed E-state index contributed by atoms with van der Waals surface area (Å²) in [4.78, 5) is 23.9. The van der Waals surface area contributed by atoms with Crippen molar-refractivity contribution in [3.63, 3.8) is 0 Å². The minimum atomic E-state index is -0.546. The molecule has 11 heteroatoms. The van der Waals surface area contributed by atoms with Gasteiger partial charge >= 0.3 is 0 Å². The van der Waals surface area contributed by atoms with Gasteiger partial charge in [-0.1, -0.05) is 41.6 Å². The van der Waals surface area contributed by atoms with E-state index in [1.807, 2.05) is 25.1 Å². The molecule has 0 aliphatic heterocycles. The minimum absolute atomic E-state index is 0.0225. The molecule has 1 N–H and O–H groups in total. The van der Waals surface area contributed by atoms with Crippen LogP contribution in [0.2, 0.25) is 0 Å². The number of nitrogens with one attached hydrogen (secondary N) is 1. The Hall–Kier alpha value is -4.38. The van der Waals surface area contributed by atoms with E-state index in [0.717, 1.165) is 11.1 Å². The Morgan fingerprint density at radius 2 is 1.74 bits per heavy atom. The largest absolute Gasteiger partial charge is 0.497 e. The second kappa shape index (κ2) is 11.8. The number of aryl methyl sites for hydroxylation is 1. The van der Waals surface area contributed by atoms with Crippen LogP contribution in [0.4, 0.5) is 5.69 Å². The van der Waals surface area contributed by atoms with E-state index in [-0.39, 0.29) is 11.6 Å². The van der Waals surface area contributed by atoms with Gasteiger partial charge in [-0.2, -0.15) is 0 Å². The lowest BCUT2D eigenvalue weighted by Gasteiger charge is -2.17. The second-order valence-electron chi connectivity index (χ2n) is 8.52. The Balaban J connectivity index is 1.65. The summed E-state index contributed by atoms with van der Waals surface area (Å²) in [5.74, 6) is 1.77. The van der Waals surface area contributed by atoms with Gasteiger partial charge in [0.15, 0.2) is 11.0 Å². The van der Waals surface area contributed by atoms with Crippen LogP contribution in [0.15, 0.2) is 71.9 Å². The predicted octanol–water partition coefficient (Wildman–Crippen LogP) is 5.28. The predicted molar refractivity (Wildman–Crippen MR) is 144 cm³/mol. The van der Waals surface area contributed by atoms with E-state index >= 15 is 0 Å². The fourth-order valence-electron chi connectivity index (χ4n) is 3.85. The van der Waals surface area contributed by atoms with E-state index < -0.39 is 11.0 Å². The number of rotatable bonds is 10. The van der Waals surface area contributed by atoms with Gasteiger partial charge in [0.1, 0.15) is 11.5 Å². The Bertz CT molecular complexity index is 1430. The number of carbonyl (C=O) groups excluding carboxylic acids is 1. The first kappa shape index (κ1) is 26.7. The third-order valence-electron chi connectivity index (χ3n) is 5.78. The number of nitro benzene ring substituents is 1. The van der Waals surface area contributed by atoms with Gasteiger partial charge in [0.05, 0.1) is 25.2 Å². The minimum Gasteiger partial charge on any atom is -0.497 e. The van der Waals surface area contributed by atoms with Crippen molar-refractivity contribution in [3.05, 3.63) is 99.4 Å². The lowest BCUT2D eigenvalue weighted by atomic mass is 10.1. The summed E-state index contributed by atoms with van der Waals surface area (Å²) in [6, 6.07) is 18.7. The number of non-ortho nitro benzene ring substituents is 1. The Morgan fingerprint density at radius 1 is 1.05 bits per heavy atom. The van der Waals surface area contributed by atoms with Crippen molar-refractivity contribution in [2.45, 2.75) is 30.8 Å². The number of amides is 1. The lowest BCUT2D eigenvalue weighted by molar-refractivity contribution is -0.384. The summed E-state index contributed by atoms with van der Waals surface area (Å²) in [5.41, 5.74) is 3.27. The molecule has 1 unspecified atom stereocenters. The van der Waals surface area contributed by atoms with Crippen molar-refractivity contribution >= 4 is 23.4 Å². The number of ether oxygens (including phenoxy) is 2. The van der Waals surface area contributed by atoms with Gasteiger partial charge in [0.25, 0.3) is 11.6 Å². The first-order valence-corrected chi connectivity index (χ1v) is 12.7. The molecule has 4 rings (SSSR count). The maximum atomic E-state index is 13.1. The standard InChI is InChI=1S/C27H27N5O5S/c1-17-6-5-7-19(12-17)16-38-27-30-29-25(31(27)21-8-10-22(11-9-21)32(34)35)18(2)28-26(33)20-13-23(36-3)15-24(14-20)37-4/h5-15,18H,16H2,1-4H3,(H,28,33). The summed E-state index contributed by atoms with van der Waals surface area (Å²) in [7, 11) is 3.03. The van der Waals surface area contributed by atoms with Crippen LogP contribution in [0.1, 0.15) is 40.3 Å². The summed E-state index contributed by atoms with van der Waals surface area (Å²) < 4.78 is 12.4. The fraction of sp³-hybridized carbons (Fsp3) is 0.222. The van der Waals surface area contributed by atoms with Gasteiger partial charge in [0.2, 0.25) is 0 Å². The number of nitro groups is 1. The number of nitrogens with zero attached hydrogens (tertiary/aromatic N) is 4. The molecule has 1 atom stereocenters. The molecular formula is C27H27N5O5S. The number of aromatic nitrogens is 3. The van der Waals surface area contributed by atoms with Crippen LogP contribution >= 0.6 is 11.8 Å². The molecule has 10 nitrogen and oxygen atoms in total. The van der Waals surface area contributed by atoms with Crippen molar-refractivity contribution in [2.24, 2.45) is 0 Å². The second-order valence-corrected chi connectivity index (χ2v) is 9.47. The third-order valence-corrected chi connectivity index (χ3v) is 6.78. The van der Waals surface area contributed by atoms with Gasteiger partial charge in [-0.15, -0.1) is 10.2 Å². The van der Waals surface area contributed by atoms with E-state index in [0.29, 0.717) is 39.5 Å². The molecule has 0 spiro atoms. The molecule has 1 aromatic heterocycles. The van der Waals surface area contributed by atoms with E-state index in [2.05, 4.69) is 21.6 Å². The average Bonchev–Trinajstić information content (AvgIpc) is 3.35. The molecular weight excluding hydrogens is 506 g/mol. The number of methoxy groups -OCH3 is 2. The molecule has 0 fully saturated rings. The zero-order valence-corrected chi connectivity index (χ0v) is 22.2. The highest BCUT2D eigenvalue weighted by Gasteiger charge is 2.23. The molecule has 0 aliphatic carbocycles. The van der Waals surface area contributed by atoms with Crippen LogP contribution in [0.5, 0.6) is 11.5 Å². The van der Waals surface area contributed by atoms with Crippen LogP contribution in [0.25, 0.3) is 5.69 Å². The molecule has 38 heavy (non-hydrogen) atoms. The molecule has 0 aliphatic rings. The first-order valence-electron chi connectivity index (χ1n) is 11.7. The van der Waals surface area contributed by atoms with Crippen LogP contribution < -0.4 is 14.8 Å². The maximum Gasteiger partial charge on any atom is 0.269 e. The number of thioether (sulfide) groups is 1. The van der Waals surface area contributed by atoms with Crippen LogP contribution in [-0.4, -0.2) is 39.8 Å². The van der Waals surface area contributed by atoms with Crippen LogP contribution in [-0.2, 0) is 5.75 Å². The zero-order valence-electron chi connectivity index (χ0n) is 21.4. The molecule has 0 bridgehead atoms. The summed E-state index contributed by atoms with van der Waals surface area (Å²) in [5, 5.41) is 23.5. The molecule has 1 heterocycles. The van der Waals surface area contributed by atoms with Crippen molar-refractivity contribution in [1.82, 2.24) is 20.1 Å². The van der Waals surface area contributed by atoms with E-state index in [1.165, 1.54) is 38.1 Å². The zero-order chi connectivity index (χ0) is 27.2. The summed E-state index contributed by atoms with van der Waals surface area (Å²) in [6.07, 6.45) is 0. The van der Waals surface area contributed by atoms with Gasteiger partial charge in [-0.05, 0) is 43.7 Å². The third kappa shape index (κ3) is 6.12. The molecule has 196 valence electrons. The molecule has 3 aromatic carbocycles. The quantitative estimate of drug-likeness (QED) is 0.166. The lowest BCUT2D eigenvalue weighted by Crippen LogP contribution is -2.28. The highest BCUT2D eigenvalue weighted by Crippen LogP contribution is 2.29. The number of hydrogen-bond acceptors (Lipinski definition) is 8. The molecule has 0 saturated carbocycles. The van der Waals surface area contributed by atoms with Crippen LogP contribution in [0, 0.1) is 17.0 Å². The summed E-state index contributed by atoms with van der Waals surface area (Å²) in [6.45, 7) is 3.84. The smallest absolute Gasteiger partial charge is 0.269 e. The Morgan fingerprint density at radius 3 is 2.34 bits per heavy atom. The van der Waals surface area contributed by atoms with Crippen molar-refractivity contribution in [3.8, 4) is 17.2 Å². The fourth-order valence-corrected chi connectivity index (χ4v) is 4.76. The Labute approximate surface area is 224 Å². The Kier molecular flexibility index (Phi) is 8.27. The van der Waals surface area contributed by atoms with Crippen molar-refractivity contribution < 1.29 is 19.2 Å². The van der Waals surface area contributed by atoms with Gasteiger partial charge in [-0.25, -0.2) is 0 Å². The maximum absolute atomic E-state index is 13.1. The number of benzene rings is 3. The summed E-state index contributed by atoms with van der Waals surface area (Å²) >= 11 is 1.49. The topological polar surface area (TPSA) is 121 Å². The van der Waals surface area contributed by atoms with Gasteiger partial charge in [-0.3, -0.25) is 19.5 Å².